The van der Waals surface area contributed by atoms with Crippen LogP contribution in [0.15, 0.2) is 43.0 Å². The Balaban J connectivity index is 2.09. The molecule has 1 aliphatic rings. The number of nitrogens with zero attached hydrogens (tertiary/aromatic N) is 1. The lowest BCUT2D eigenvalue weighted by Gasteiger charge is -2.36. The van der Waals surface area contributed by atoms with E-state index in [2.05, 4.69) is 17.2 Å². The molecule has 1 aromatic carbocycles. The molecule has 0 radical (unpaired) electrons. The van der Waals surface area contributed by atoms with Crippen molar-refractivity contribution in [2.75, 3.05) is 13.1 Å². The van der Waals surface area contributed by atoms with E-state index >= 15 is 0 Å². The minimum Gasteiger partial charge on any atom is -0.444 e. The fourth-order valence-corrected chi connectivity index (χ4v) is 3.53. The molecule has 7 heteroatoms. The summed E-state index contributed by atoms with van der Waals surface area (Å²) in [6.07, 6.45) is 4.41. The molecule has 1 heterocycles. The van der Waals surface area contributed by atoms with Crippen LogP contribution in [0.2, 0.25) is 0 Å². The van der Waals surface area contributed by atoms with Crippen molar-refractivity contribution in [2.45, 2.75) is 70.6 Å². The maximum absolute atomic E-state index is 13.1. The number of hydrogen-bond acceptors (Lipinski definition) is 4. The van der Waals surface area contributed by atoms with E-state index < -0.39 is 23.8 Å². The fraction of sp³-hybridized carbons (Fsp3) is 0.542. The highest BCUT2D eigenvalue weighted by atomic mass is 16.6. The zero-order valence-corrected chi connectivity index (χ0v) is 18.9. The third-order valence-corrected chi connectivity index (χ3v) is 5.05. The lowest BCUT2D eigenvalue weighted by Crippen LogP contribution is -2.57. The predicted octanol–water partition coefficient (Wildman–Crippen LogP) is 3.20. The van der Waals surface area contributed by atoms with Gasteiger partial charge in [-0.2, -0.15) is 0 Å². The highest BCUT2D eigenvalue weighted by Gasteiger charge is 2.36. The van der Waals surface area contributed by atoms with E-state index in [0.29, 0.717) is 32.4 Å². The topological polar surface area (TPSA) is 87.7 Å². The summed E-state index contributed by atoms with van der Waals surface area (Å²) in [6.45, 7) is 9.80. The number of hydrogen-bond donors (Lipinski definition) is 2. The van der Waals surface area contributed by atoms with Crippen LogP contribution in [-0.2, 0) is 20.7 Å². The number of likely N-dealkylation sites (tertiary alicyclic amines) is 1. The van der Waals surface area contributed by atoms with Crippen molar-refractivity contribution in [1.82, 2.24) is 15.5 Å². The molecule has 2 rings (SSSR count). The zero-order chi connectivity index (χ0) is 22.9. The van der Waals surface area contributed by atoms with Gasteiger partial charge in [-0.05, 0) is 58.4 Å². The smallest absolute Gasteiger partial charge is 0.410 e. The molecule has 0 aromatic heterocycles. The van der Waals surface area contributed by atoms with Gasteiger partial charge in [0, 0.05) is 13.1 Å². The summed E-state index contributed by atoms with van der Waals surface area (Å²) in [6, 6.07) is 8.47. The van der Waals surface area contributed by atoms with Gasteiger partial charge in [0.15, 0.2) is 0 Å². The van der Waals surface area contributed by atoms with Crippen molar-refractivity contribution in [3.63, 3.8) is 0 Å². The van der Waals surface area contributed by atoms with Crippen molar-refractivity contribution in [3.8, 4) is 0 Å². The van der Waals surface area contributed by atoms with Crippen molar-refractivity contribution in [2.24, 2.45) is 0 Å². The zero-order valence-electron chi connectivity index (χ0n) is 18.9. The van der Waals surface area contributed by atoms with Crippen molar-refractivity contribution in [3.05, 3.63) is 48.6 Å². The number of benzene rings is 1. The fourth-order valence-electron chi connectivity index (χ4n) is 3.53. The summed E-state index contributed by atoms with van der Waals surface area (Å²) in [7, 11) is 0. The van der Waals surface area contributed by atoms with E-state index in [4.69, 9.17) is 4.74 Å². The van der Waals surface area contributed by atoms with E-state index in [9.17, 15) is 14.4 Å². The molecule has 0 aliphatic carbocycles. The highest BCUT2D eigenvalue weighted by Crippen LogP contribution is 2.21. The summed E-state index contributed by atoms with van der Waals surface area (Å²) in [4.78, 5) is 39.9. The summed E-state index contributed by atoms with van der Waals surface area (Å²) in [5, 5.41) is 5.64. The normalized spacial score (nSPS) is 17.4. The van der Waals surface area contributed by atoms with Crippen LogP contribution in [-0.4, -0.2) is 53.6 Å². The Labute approximate surface area is 185 Å². The molecule has 0 saturated carbocycles. The van der Waals surface area contributed by atoms with E-state index in [0.717, 1.165) is 18.4 Å². The van der Waals surface area contributed by atoms with Gasteiger partial charge in [-0.1, -0.05) is 36.4 Å². The van der Waals surface area contributed by atoms with Crippen LogP contribution in [0.1, 0.15) is 52.0 Å². The monoisotopic (exact) mass is 429 g/mol. The number of nitrogens with one attached hydrogen (secondary N) is 2. The Kier molecular flexibility index (Phi) is 9.09. The lowest BCUT2D eigenvalue weighted by atomic mass is 10.00. The average Bonchev–Trinajstić information content (AvgIpc) is 2.74. The molecule has 1 saturated heterocycles. The van der Waals surface area contributed by atoms with Crippen LogP contribution in [0, 0.1) is 0 Å². The number of aryl methyl sites for hydroxylation is 1. The van der Waals surface area contributed by atoms with Gasteiger partial charge in [0.25, 0.3) is 0 Å². The van der Waals surface area contributed by atoms with E-state index in [1.807, 2.05) is 30.3 Å². The van der Waals surface area contributed by atoms with Gasteiger partial charge in [-0.15, -0.1) is 6.58 Å². The molecule has 0 unspecified atom stereocenters. The molecular formula is C24H35N3O4. The van der Waals surface area contributed by atoms with Gasteiger partial charge in [0.1, 0.15) is 17.7 Å². The van der Waals surface area contributed by atoms with Crippen molar-refractivity contribution < 1.29 is 19.1 Å². The van der Waals surface area contributed by atoms with Crippen molar-refractivity contribution >= 4 is 17.9 Å². The molecule has 3 amide bonds. The molecule has 2 N–H and O–H groups in total. The van der Waals surface area contributed by atoms with Gasteiger partial charge in [-0.25, -0.2) is 4.79 Å². The van der Waals surface area contributed by atoms with Gasteiger partial charge < -0.3 is 15.4 Å². The third kappa shape index (κ3) is 8.07. The predicted molar refractivity (Wildman–Crippen MR) is 120 cm³/mol. The third-order valence-electron chi connectivity index (χ3n) is 5.05. The Morgan fingerprint density at radius 3 is 2.58 bits per heavy atom. The number of amides is 3. The standard InChI is InChI=1S/C24H35N3O4/c1-5-16-25-21(28)19(15-14-18-11-7-6-8-12-18)26-22(29)20-13-9-10-17-27(20)23(30)31-24(2,3)4/h5-8,11-12,19-20H,1,9-10,13-17H2,2-4H3,(H,25,28)(H,26,29)/t19-,20-/m0/s1. The van der Waals surface area contributed by atoms with Crippen molar-refractivity contribution in [1.29, 1.82) is 0 Å². The highest BCUT2D eigenvalue weighted by molar-refractivity contribution is 5.91. The molecule has 31 heavy (non-hydrogen) atoms. The van der Waals surface area contributed by atoms with E-state index in [1.165, 1.54) is 4.90 Å². The molecule has 1 aromatic rings. The molecule has 170 valence electrons. The molecule has 1 aliphatic heterocycles. The summed E-state index contributed by atoms with van der Waals surface area (Å²) in [5.74, 6) is -0.582. The van der Waals surface area contributed by atoms with E-state index in [-0.39, 0.29) is 11.8 Å². The largest absolute Gasteiger partial charge is 0.444 e. The summed E-state index contributed by atoms with van der Waals surface area (Å²) >= 11 is 0. The van der Waals surface area contributed by atoms with Gasteiger partial charge in [0.2, 0.25) is 11.8 Å². The van der Waals surface area contributed by atoms with Crippen LogP contribution in [0.5, 0.6) is 0 Å². The molecule has 0 bridgehead atoms. The van der Waals surface area contributed by atoms with E-state index in [1.54, 1.807) is 26.8 Å². The molecule has 1 fully saturated rings. The molecule has 2 atom stereocenters. The number of rotatable bonds is 8. The number of piperidine rings is 1. The minimum absolute atomic E-state index is 0.260. The number of ether oxygens (including phenoxy) is 1. The lowest BCUT2D eigenvalue weighted by molar-refractivity contribution is -0.132. The quantitative estimate of drug-likeness (QED) is 0.621. The first-order valence-electron chi connectivity index (χ1n) is 10.9. The first-order valence-corrected chi connectivity index (χ1v) is 10.9. The second kappa shape index (κ2) is 11.5. The Morgan fingerprint density at radius 1 is 1.23 bits per heavy atom. The second-order valence-corrected chi connectivity index (χ2v) is 8.80. The first kappa shape index (κ1) is 24.4. The maximum atomic E-state index is 13.1. The Morgan fingerprint density at radius 2 is 1.94 bits per heavy atom. The van der Waals surface area contributed by atoms with Crippen LogP contribution in [0.25, 0.3) is 0 Å². The van der Waals surface area contributed by atoms with Crippen LogP contribution in [0.3, 0.4) is 0 Å². The number of carbonyl (C=O) groups is 3. The second-order valence-electron chi connectivity index (χ2n) is 8.80. The Bertz CT molecular complexity index is 758. The average molecular weight is 430 g/mol. The van der Waals surface area contributed by atoms with Crippen LogP contribution >= 0.6 is 0 Å². The first-order chi connectivity index (χ1) is 14.7. The number of carbonyl (C=O) groups excluding carboxylic acids is 3. The maximum Gasteiger partial charge on any atom is 0.410 e. The van der Waals surface area contributed by atoms with Gasteiger partial charge >= 0.3 is 6.09 Å². The van der Waals surface area contributed by atoms with Crippen LogP contribution in [0.4, 0.5) is 4.79 Å². The molecular weight excluding hydrogens is 394 g/mol. The summed E-state index contributed by atoms with van der Waals surface area (Å²) < 4.78 is 5.49. The van der Waals surface area contributed by atoms with Crippen LogP contribution < -0.4 is 10.6 Å². The summed E-state index contributed by atoms with van der Waals surface area (Å²) in [5.41, 5.74) is 0.449. The SMILES string of the molecule is C=CCNC(=O)[C@H](CCc1ccccc1)NC(=O)[C@@H]1CCCCN1C(=O)OC(C)(C)C. The Hall–Kier alpha value is -2.83. The van der Waals surface area contributed by atoms with Gasteiger partial charge in [-0.3, -0.25) is 14.5 Å². The molecule has 7 nitrogen and oxygen atoms in total. The minimum atomic E-state index is -0.699. The molecule has 0 spiro atoms. The van der Waals surface area contributed by atoms with Gasteiger partial charge in [0.05, 0.1) is 0 Å².